The highest BCUT2D eigenvalue weighted by atomic mass is 16.5. The Kier molecular flexibility index (Phi) is 3.46. The molecule has 3 heteroatoms. The Balaban J connectivity index is 2.10. The van der Waals surface area contributed by atoms with Crippen molar-refractivity contribution in [1.29, 1.82) is 0 Å². The molecular formula is C13H20N2O. The van der Waals surface area contributed by atoms with Crippen molar-refractivity contribution in [1.82, 2.24) is 5.32 Å². The van der Waals surface area contributed by atoms with E-state index in [9.17, 15) is 0 Å². The molecule has 3 nitrogen and oxygen atoms in total. The average molecular weight is 220 g/mol. The molecule has 1 fully saturated rings. The van der Waals surface area contributed by atoms with E-state index >= 15 is 0 Å². The summed E-state index contributed by atoms with van der Waals surface area (Å²) >= 11 is 0. The highest BCUT2D eigenvalue weighted by molar-refractivity contribution is 5.29. The van der Waals surface area contributed by atoms with Gasteiger partial charge in [0.25, 0.3) is 0 Å². The van der Waals surface area contributed by atoms with Crippen molar-refractivity contribution in [2.75, 3.05) is 7.11 Å². The second-order valence-corrected chi connectivity index (χ2v) is 4.62. The van der Waals surface area contributed by atoms with Crippen molar-refractivity contribution in [3.8, 4) is 5.75 Å². The predicted octanol–water partition coefficient (Wildman–Crippen LogP) is 1.84. The molecule has 0 radical (unpaired) electrons. The third-order valence-corrected chi connectivity index (χ3v) is 3.20. The Morgan fingerprint density at radius 1 is 1.25 bits per heavy atom. The molecule has 1 saturated heterocycles. The lowest BCUT2D eigenvalue weighted by atomic mass is 9.91. The maximum Gasteiger partial charge on any atom is 0.118 e. The van der Waals surface area contributed by atoms with Gasteiger partial charge in [-0.25, -0.2) is 0 Å². The molecule has 0 aromatic heterocycles. The first-order valence-electron chi connectivity index (χ1n) is 5.84. The lowest BCUT2D eigenvalue weighted by molar-refractivity contribution is 0.307. The standard InChI is InChI=1S/C13H20N2O/c1-9-7-11(14)8-13(15-9)10-3-5-12(16-2)6-4-10/h3-6,9,11,13,15H,7-8,14H2,1-2H3/t9-,11-,13-/m0/s1. The number of piperidine rings is 1. The van der Waals surface area contributed by atoms with Crippen LogP contribution in [0, 0.1) is 0 Å². The van der Waals surface area contributed by atoms with Gasteiger partial charge in [-0.15, -0.1) is 0 Å². The molecule has 1 aliphatic heterocycles. The maximum absolute atomic E-state index is 6.04. The summed E-state index contributed by atoms with van der Waals surface area (Å²) in [6.45, 7) is 2.19. The number of methoxy groups -OCH3 is 1. The van der Waals surface area contributed by atoms with Crippen LogP contribution in [-0.4, -0.2) is 19.2 Å². The summed E-state index contributed by atoms with van der Waals surface area (Å²) in [7, 11) is 1.69. The van der Waals surface area contributed by atoms with Crippen LogP contribution in [0.25, 0.3) is 0 Å². The zero-order chi connectivity index (χ0) is 11.5. The SMILES string of the molecule is COc1ccc([C@@H]2C[C@@H](N)C[C@H](C)N2)cc1. The number of rotatable bonds is 2. The molecule has 0 unspecified atom stereocenters. The molecule has 3 atom stereocenters. The molecule has 2 rings (SSSR count). The molecule has 1 aliphatic rings. The van der Waals surface area contributed by atoms with Gasteiger partial charge in [0.2, 0.25) is 0 Å². The van der Waals surface area contributed by atoms with Crippen molar-refractivity contribution in [3.05, 3.63) is 29.8 Å². The van der Waals surface area contributed by atoms with Crippen LogP contribution in [-0.2, 0) is 0 Å². The highest BCUT2D eigenvalue weighted by Crippen LogP contribution is 2.26. The van der Waals surface area contributed by atoms with E-state index in [4.69, 9.17) is 10.5 Å². The largest absolute Gasteiger partial charge is 0.497 e. The molecule has 0 amide bonds. The fourth-order valence-corrected chi connectivity index (χ4v) is 2.40. The van der Waals surface area contributed by atoms with Crippen molar-refractivity contribution in [2.45, 2.75) is 37.9 Å². The topological polar surface area (TPSA) is 47.3 Å². The van der Waals surface area contributed by atoms with E-state index in [-0.39, 0.29) is 0 Å². The van der Waals surface area contributed by atoms with Crippen LogP contribution >= 0.6 is 0 Å². The molecule has 1 heterocycles. The monoisotopic (exact) mass is 220 g/mol. The first kappa shape index (κ1) is 11.4. The minimum absolute atomic E-state index is 0.309. The third kappa shape index (κ3) is 2.54. The fourth-order valence-electron chi connectivity index (χ4n) is 2.40. The summed E-state index contributed by atoms with van der Waals surface area (Å²) in [4.78, 5) is 0. The minimum atomic E-state index is 0.309. The van der Waals surface area contributed by atoms with Gasteiger partial charge in [0.15, 0.2) is 0 Å². The van der Waals surface area contributed by atoms with Crippen LogP contribution in [0.4, 0.5) is 0 Å². The summed E-state index contributed by atoms with van der Waals surface area (Å²) < 4.78 is 5.15. The Morgan fingerprint density at radius 2 is 1.94 bits per heavy atom. The van der Waals surface area contributed by atoms with E-state index in [0.717, 1.165) is 18.6 Å². The molecule has 1 aromatic carbocycles. The number of hydrogen-bond acceptors (Lipinski definition) is 3. The summed E-state index contributed by atoms with van der Waals surface area (Å²) in [6, 6.07) is 9.41. The van der Waals surface area contributed by atoms with Crippen molar-refractivity contribution >= 4 is 0 Å². The van der Waals surface area contributed by atoms with Crippen LogP contribution in [0.1, 0.15) is 31.4 Å². The zero-order valence-electron chi connectivity index (χ0n) is 9.94. The minimum Gasteiger partial charge on any atom is -0.497 e. The first-order chi connectivity index (χ1) is 7.69. The van der Waals surface area contributed by atoms with Gasteiger partial charge in [-0.1, -0.05) is 12.1 Å². The Labute approximate surface area is 97.0 Å². The van der Waals surface area contributed by atoms with Crippen LogP contribution in [0.2, 0.25) is 0 Å². The van der Waals surface area contributed by atoms with Gasteiger partial charge in [0.1, 0.15) is 5.75 Å². The third-order valence-electron chi connectivity index (χ3n) is 3.20. The van der Waals surface area contributed by atoms with Gasteiger partial charge >= 0.3 is 0 Å². The van der Waals surface area contributed by atoms with E-state index in [1.807, 2.05) is 12.1 Å². The van der Waals surface area contributed by atoms with Gasteiger partial charge in [-0.3, -0.25) is 0 Å². The number of nitrogens with one attached hydrogen (secondary N) is 1. The molecule has 0 aliphatic carbocycles. The first-order valence-corrected chi connectivity index (χ1v) is 5.84. The Bertz CT molecular complexity index is 326. The summed E-state index contributed by atoms with van der Waals surface area (Å²) in [5.74, 6) is 0.900. The molecule has 88 valence electrons. The van der Waals surface area contributed by atoms with Crippen LogP contribution < -0.4 is 15.8 Å². The normalized spacial score (nSPS) is 30.1. The quantitative estimate of drug-likeness (QED) is 0.799. The molecule has 1 aromatic rings. The number of hydrogen-bond donors (Lipinski definition) is 2. The van der Waals surface area contributed by atoms with Crippen molar-refractivity contribution in [2.24, 2.45) is 5.73 Å². The van der Waals surface area contributed by atoms with Gasteiger partial charge in [-0.2, -0.15) is 0 Å². The molecule has 16 heavy (non-hydrogen) atoms. The molecule has 0 spiro atoms. The van der Waals surface area contributed by atoms with E-state index in [2.05, 4.69) is 24.4 Å². The Morgan fingerprint density at radius 3 is 2.50 bits per heavy atom. The molecule has 0 saturated carbocycles. The number of nitrogens with two attached hydrogens (primary N) is 1. The predicted molar refractivity (Wildman–Crippen MR) is 65.5 cm³/mol. The lowest BCUT2D eigenvalue weighted by Crippen LogP contribution is -2.44. The van der Waals surface area contributed by atoms with E-state index in [0.29, 0.717) is 18.1 Å². The van der Waals surface area contributed by atoms with Crippen molar-refractivity contribution in [3.63, 3.8) is 0 Å². The molecule has 0 bridgehead atoms. The molecule has 3 N–H and O–H groups in total. The fraction of sp³-hybridized carbons (Fsp3) is 0.538. The lowest BCUT2D eigenvalue weighted by Gasteiger charge is -2.33. The van der Waals surface area contributed by atoms with E-state index in [1.54, 1.807) is 7.11 Å². The van der Waals surface area contributed by atoms with Crippen LogP contribution in [0.5, 0.6) is 5.75 Å². The number of benzene rings is 1. The van der Waals surface area contributed by atoms with Gasteiger partial charge in [-0.05, 0) is 37.5 Å². The maximum atomic E-state index is 6.04. The van der Waals surface area contributed by atoms with E-state index in [1.165, 1.54) is 5.56 Å². The highest BCUT2D eigenvalue weighted by Gasteiger charge is 2.24. The average Bonchev–Trinajstić information content (AvgIpc) is 2.28. The zero-order valence-corrected chi connectivity index (χ0v) is 9.94. The summed E-state index contributed by atoms with van der Waals surface area (Å²) in [5, 5.41) is 3.58. The van der Waals surface area contributed by atoms with Crippen LogP contribution in [0.15, 0.2) is 24.3 Å². The van der Waals surface area contributed by atoms with Crippen molar-refractivity contribution < 1.29 is 4.74 Å². The van der Waals surface area contributed by atoms with Crippen LogP contribution in [0.3, 0.4) is 0 Å². The van der Waals surface area contributed by atoms with Gasteiger partial charge < -0.3 is 15.8 Å². The summed E-state index contributed by atoms with van der Waals surface area (Å²) in [6.07, 6.45) is 2.07. The second-order valence-electron chi connectivity index (χ2n) is 4.62. The van der Waals surface area contributed by atoms with Gasteiger partial charge in [0.05, 0.1) is 7.11 Å². The summed E-state index contributed by atoms with van der Waals surface area (Å²) in [5.41, 5.74) is 7.34. The molecular weight excluding hydrogens is 200 g/mol. The number of ether oxygens (including phenoxy) is 1. The van der Waals surface area contributed by atoms with E-state index < -0.39 is 0 Å². The second kappa shape index (κ2) is 4.85. The smallest absolute Gasteiger partial charge is 0.118 e. The van der Waals surface area contributed by atoms with Gasteiger partial charge in [0, 0.05) is 18.1 Å². The Hall–Kier alpha value is -1.06.